The van der Waals surface area contributed by atoms with Crippen LogP contribution in [0.1, 0.15) is 32.6 Å². The monoisotopic (exact) mass is 394 g/mol. The third-order valence-electron chi connectivity index (χ3n) is 5.23. The number of carbonyl (C=O) groups excluding carboxylic acids is 3. The number of halogens is 1. The third kappa shape index (κ3) is 3.46. The van der Waals surface area contributed by atoms with Gasteiger partial charge in [-0.05, 0) is 30.9 Å². The predicted octanol–water partition coefficient (Wildman–Crippen LogP) is 2.69. The minimum atomic E-state index is -0.936. The molecule has 2 atom stereocenters. The lowest BCUT2D eigenvalue weighted by atomic mass is 9.73. The molecule has 1 saturated carbocycles. The first-order chi connectivity index (χ1) is 12.7. The first-order valence-corrected chi connectivity index (χ1v) is 9.00. The molecule has 2 fully saturated rings. The Morgan fingerprint density at radius 2 is 2.19 bits per heavy atom. The molecule has 9 nitrogen and oxygen atoms in total. The van der Waals surface area contributed by atoms with Gasteiger partial charge >= 0.3 is 6.03 Å². The molecule has 0 radical (unpaired) electrons. The van der Waals surface area contributed by atoms with Crippen molar-refractivity contribution in [3.8, 4) is 0 Å². The highest BCUT2D eigenvalue weighted by Gasteiger charge is 2.55. The van der Waals surface area contributed by atoms with E-state index in [-0.39, 0.29) is 22.3 Å². The quantitative estimate of drug-likeness (QED) is 0.462. The Labute approximate surface area is 160 Å². The maximum absolute atomic E-state index is 12.8. The number of hydrogen-bond acceptors (Lipinski definition) is 5. The van der Waals surface area contributed by atoms with Crippen molar-refractivity contribution in [1.29, 1.82) is 0 Å². The Bertz CT molecular complexity index is 830. The molecule has 0 aromatic heterocycles. The summed E-state index contributed by atoms with van der Waals surface area (Å²) in [6.07, 6.45) is 3.23. The van der Waals surface area contributed by atoms with Crippen LogP contribution in [-0.4, -0.2) is 39.8 Å². The number of imide groups is 1. The van der Waals surface area contributed by atoms with Crippen LogP contribution < -0.4 is 10.6 Å². The van der Waals surface area contributed by atoms with E-state index < -0.39 is 34.9 Å². The minimum absolute atomic E-state index is 0.00493. The van der Waals surface area contributed by atoms with E-state index in [0.717, 1.165) is 30.2 Å². The van der Waals surface area contributed by atoms with Crippen LogP contribution in [0.25, 0.3) is 0 Å². The lowest BCUT2D eigenvalue weighted by Crippen LogP contribution is -2.54. The summed E-state index contributed by atoms with van der Waals surface area (Å²) in [5.74, 6) is -1.03. The molecular weight excluding hydrogens is 376 g/mol. The van der Waals surface area contributed by atoms with Crippen molar-refractivity contribution in [1.82, 2.24) is 10.2 Å². The summed E-state index contributed by atoms with van der Waals surface area (Å²) in [7, 11) is 0. The Balaban J connectivity index is 1.71. The van der Waals surface area contributed by atoms with Crippen LogP contribution in [0.5, 0.6) is 0 Å². The first kappa shape index (κ1) is 19.1. The summed E-state index contributed by atoms with van der Waals surface area (Å²) >= 11 is 5.74. The van der Waals surface area contributed by atoms with Crippen LogP contribution in [0.2, 0.25) is 5.02 Å². The summed E-state index contributed by atoms with van der Waals surface area (Å²) in [4.78, 5) is 48.6. The van der Waals surface area contributed by atoms with Crippen molar-refractivity contribution in [2.75, 3.05) is 11.9 Å². The molecule has 0 bridgehead atoms. The lowest BCUT2D eigenvalue weighted by molar-refractivity contribution is -0.384. The van der Waals surface area contributed by atoms with Gasteiger partial charge in [-0.3, -0.25) is 24.6 Å². The van der Waals surface area contributed by atoms with Gasteiger partial charge in [0.05, 0.1) is 4.92 Å². The molecule has 1 aromatic carbocycles. The molecule has 27 heavy (non-hydrogen) atoms. The van der Waals surface area contributed by atoms with Gasteiger partial charge in [0, 0.05) is 11.8 Å². The van der Waals surface area contributed by atoms with Gasteiger partial charge < -0.3 is 10.6 Å². The van der Waals surface area contributed by atoms with Crippen LogP contribution >= 0.6 is 11.6 Å². The van der Waals surface area contributed by atoms with Crippen molar-refractivity contribution in [2.45, 2.75) is 38.1 Å². The van der Waals surface area contributed by atoms with Gasteiger partial charge in [-0.1, -0.05) is 31.4 Å². The largest absolute Gasteiger partial charge is 0.325 e. The smallest absolute Gasteiger partial charge is 0.324 e. The van der Waals surface area contributed by atoms with Crippen LogP contribution in [0.3, 0.4) is 0 Å². The molecule has 2 aliphatic rings. The van der Waals surface area contributed by atoms with Crippen LogP contribution in [0.15, 0.2) is 18.2 Å². The number of hydrogen-bond donors (Lipinski definition) is 2. The Morgan fingerprint density at radius 1 is 1.44 bits per heavy atom. The first-order valence-electron chi connectivity index (χ1n) is 8.62. The zero-order chi connectivity index (χ0) is 19.8. The maximum Gasteiger partial charge on any atom is 0.325 e. The summed E-state index contributed by atoms with van der Waals surface area (Å²) in [6.45, 7) is 1.46. The molecule has 144 valence electrons. The number of nitrogens with zero attached hydrogens (tertiary/aromatic N) is 2. The van der Waals surface area contributed by atoms with Crippen molar-refractivity contribution in [2.24, 2.45) is 5.92 Å². The fraction of sp³-hybridized carbons (Fsp3) is 0.471. The predicted molar refractivity (Wildman–Crippen MR) is 97.3 cm³/mol. The van der Waals surface area contributed by atoms with Crippen molar-refractivity contribution in [3.05, 3.63) is 33.3 Å². The second kappa shape index (κ2) is 7.15. The van der Waals surface area contributed by atoms with Crippen LogP contribution in [0, 0.1) is 16.0 Å². The molecule has 1 aliphatic carbocycles. The van der Waals surface area contributed by atoms with Gasteiger partial charge in [0.25, 0.3) is 11.6 Å². The van der Waals surface area contributed by atoms with E-state index >= 15 is 0 Å². The standard InChI is InChI=1S/C17H19ClN4O5/c1-10-4-2-3-7-17(10)15(24)21(16(25)20-17)9-14(23)19-11-5-6-12(18)13(8-11)22(26)27/h5-6,8,10H,2-4,7,9H2,1H3,(H,19,23)(H,20,25)/t10-,17+/m1/s1. The number of rotatable bonds is 4. The minimum Gasteiger partial charge on any atom is -0.324 e. The summed E-state index contributed by atoms with van der Waals surface area (Å²) in [6, 6.07) is 3.23. The van der Waals surface area contributed by atoms with E-state index in [1.54, 1.807) is 0 Å². The van der Waals surface area contributed by atoms with E-state index in [1.807, 2.05) is 6.92 Å². The van der Waals surface area contributed by atoms with Crippen molar-refractivity contribution < 1.29 is 19.3 Å². The van der Waals surface area contributed by atoms with E-state index in [4.69, 9.17) is 11.6 Å². The van der Waals surface area contributed by atoms with Gasteiger partial charge in [0.15, 0.2) is 0 Å². The number of carbonyl (C=O) groups is 3. The molecule has 0 unspecified atom stereocenters. The molecule has 1 aliphatic heterocycles. The molecule has 1 heterocycles. The van der Waals surface area contributed by atoms with Crippen LogP contribution in [0.4, 0.5) is 16.2 Å². The van der Waals surface area contributed by atoms with Crippen molar-refractivity contribution in [3.63, 3.8) is 0 Å². The number of nitrogens with one attached hydrogen (secondary N) is 2. The number of amides is 4. The number of benzene rings is 1. The Morgan fingerprint density at radius 3 is 2.85 bits per heavy atom. The number of urea groups is 1. The van der Waals surface area contributed by atoms with Gasteiger partial charge in [-0.25, -0.2) is 4.79 Å². The Hall–Kier alpha value is -2.68. The SMILES string of the molecule is C[C@@H]1CCCC[C@]12NC(=O)N(CC(=O)Nc1ccc(Cl)c([N+](=O)[O-])c1)C2=O. The highest BCUT2D eigenvalue weighted by molar-refractivity contribution is 6.32. The average molecular weight is 395 g/mol. The fourth-order valence-corrected chi connectivity index (χ4v) is 3.90. The highest BCUT2D eigenvalue weighted by atomic mass is 35.5. The molecule has 1 aromatic rings. The zero-order valence-corrected chi connectivity index (χ0v) is 15.4. The van der Waals surface area contributed by atoms with Gasteiger partial charge in [0.2, 0.25) is 5.91 Å². The summed E-state index contributed by atoms with van der Waals surface area (Å²) in [5, 5.41) is 16.1. The second-order valence-corrected chi connectivity index (χ2v) is 7.32. The topological polar surface area (TPSA) is 122 Å². The lowest BCUT2D eigenvalue weighted by Gasteiger charge is -2.36. The summed E-state index contributed by atoms with van der Waals surface area (Å²) < 4.78 is 0. The van der Waals surface area contributed by atoms with Gasteiger partial charge in [0.1, 0.15) is 17.1 Å². The van der Waals surface area contributed by atoms with Gasteiger partial charge in [-0.2, -0.15) is 0 Å². The number of anilines is 1. The maximum atomic E-state index is 12.8. The Kier molecular flexibility index (Phi) is 5.05. The molecular formula is C17H19ClN4O5. The van der Waals surface area contributed by atoms with E-state index in [0.29, 0.717) is 6.42 Å². The van der Waals surface area contributed by atoms with E-state index in [2.05, 4.69) is 10.6 Å². The van der Waals surface area contributed by atoms with Crippen molar-refractivity contribution >= 4 is 40.8 Å². The van der Waals surface area contributed by atoms with E-state index in [9.17, 15) is 24.5 Å². The second-order valence-electron chi connectivity index (χ2n) is 6.91. The highest BCUT2D eigenvalue weighted by Crippen LogP contribution is 2.38. The molecule has 2 N–H and O–H groups in total. The molecule has 1 spiro atoms. The number of nitro benzene ring substituents is 1. The normalized spacial score (nSPS) is 24.8. The van der Waals surface area contributed by atoms with Gasteiger partial charge in [-0.15, -0.1) is 0 Å². The third-order valence-corrected chi connectivity index (χ3v) is 5.55. The fourth-order valence-electron chi connectivity index (χ4n) is 3.71. The molecule has 3 rings (SSSR count). The molecule has 4 amide bonds. The zero-order valence-electron chi connectivity index (χ0n) is 14.7. The number of nitro groups is 1. The summed E-state index contributed by atoms with van der Waals surface area (Å²) in [5.41, 5.74) is -1.13. The molecule has 10 heteroatoms. The van der Waals surface area contributed by atoms with E-state index in [1.165, 1.54) is 12.1 Å². The molecule has 1 saturated heterocycles. The average Bonchev–Trinajstić information content (AvgIpc) is 2.84. The van der Waals surface area contributed by atoms with Crippen LogP contribution in [-0.2, 0) is 9.59 Å².